The van der Waals surface area contributed by atoms with Crippen LogP contribution in [0.5, 0.6) is 0 Å². The molecule has 0 bridgehead atoms. The van der Waals surface area contributed by atoms with Gasteiger partial charge in [-0.1, -0.05) is 13.8 Å². The monoisotopic (exact) mass is 430 g/mol. The van der Waals surface area contributed by atoms with Crippen molar-refractivity contribution in [1.82, 2.24) is 9.13 Å². The number of rotatable bonds is 7. The maximum Gasteiger partial charge on any atom is 0.335 e. The third-order valence-corrected chi connectivity index (χ3v) is 4.87. The van der Waals surface area contributed by atoms with Crippen LogP contribution >= 0.6 is 0 Å². The molecule has 12 heteroatoms. The smallest absolute Gasteiger partial charge is 0.335 e. The van der Waals surface area contributed by atoms with Crippen LogP contribution in [0.4, 0.5) is 4.39 Å². The highest BCUT2D eigenvalue weighted by molar-refractivity contribution is 5.74. The third kappa shape index (κ3) is 4.30. The molecule has 1 saturated heterocycles. The molecule has 1 saturated carbocycles. The molecule has 2 heterocycles. The number of hydrogen-bond acceptors (Lipinski definition) is 9. The average molecular weight is 430 g/mol. The lowest BCUT2D eigenvalue weighted by molar-refractivity contribution is -0.218. The maximum atomic E-state index is 15.0. The van der Waals surface area contributed by atoms with Crippen LogP contribution in [0.15, 0.2) is 21.9 Å². The number of nitrogens with zero attached hydrogens (tertiary/aromatic N) is 2. The SMILES string of the molecule is CC(C)C(=O)OC[C@@]1(F)O[C@@H](n2ccc(=O)n(COC(=O)C3CC3)c2=O)[C@H](O)[C@@H]1O. The van der Waals surface area contributed by atoms with Crippen molar-refractivity contribution >= 4 is 11.9 Å². The van der Waals surface area contributed by atoms with E-state index in [1.54, 1.807) is 0 Å². The van der Waals surface area contributed by atoms with Crippen molar-refractivity contribution in [3.63, 3.8) is 0 Å². The summed E-state index contributed by atoms with van der Waals surface area (Å²) in [6, 6.07) is 0.936. The quantitative estimate of drug-likeness (QED) is 0.522. The number of carbonyl (C=O) groups is 2. The van der Waals surface area contributed by atoms with Crippen LogP contribution < -0.4 is 11.2 Å². The van der Waals surface area contributed by atoms with E-state index < -0.39 is 66.7 Å². The molecule has 0 spiro atoms. The molecule has 3 rings (SSSR count). The molecular formula is C18H23FN2O9. The van der Waals surface area contributed by atoms with Crippen molar-refractivity contribution in [2.75, 3.05) is 6.61 Å². The van der Waals surface area contributed by atoms with Crippen molar-refractivity contribution in [2.24, 2.45) is 11.8 Å². The van der Waals surface area contributed by atoms with Gasteiger partial charge in [0.1, 0.15) is 12.2 Å². The zero-order chi connectivity index (χ0) is 22.2. The van der Waals surface area contributed by atoms with Crippen LogP contribution in [0.2, 0.25) is 0 Å². The van der Waals surface area contributed by atoms with E-state index >= 15 is 4.39 Å². The summed E-state index contributed by atoms with van der Waals surface area (Å²) in [6.45, 7) is 1.38. The van der Waals surface area contributed by atoms with Crippen molar-refractivity contribution in [3.8, 4) is 0 Å². The van der Waals surface area contributed by atoms with E-state index in [0.29, 0.717) is 22.0 Å². The largest absolute Gasteiger partial charge is 0.459 e. The van der Waals surface area contributed by atoms with Gasteiger partial charge in [-0.3, -0.25) is 19.0 Å². The molecule has 1 aliphatic heterocycles. The Balaban J connectivity index is 1.80. The summed E-state index contributed by atoms with van der Waals surface area (Å²) in [5.74, 6) is -5.07. The van der Waals surface area contributed by atoms with E-state index in [2.05, 4.69) is 0 Å². The van der Waals surface area contributed by atoms with Crippen molar-refractivity contribution in [3.05, 3.63) is 33.1 Å². The number of carbonyl (C=O) groups excluding carboxylic acids is 2. The Labute approximate surface area is 169 Å². The van der Waals surface area contributed by atoms with Crippen LogP contribution in [0.25, 0.3) is 0 Å². The first kappa shape index (κ1) is 22.1. The highest BCUT2D eigenvalue weighted by Crippen LogP contribution is 2.38. The van der Waals surface area contributed by atoms with Gasteiger partial charge in [-0.15, -0.1) is 0 Å². The summed E-state index contributed by atoms with van der Waals surface area (Å²) < 4.78 is 31.0. The number of alkyl halides is 1. The molecule has 0 amide bonds. The Morgan fingerprint density at radius 3 is 2.57 bits per heavy atom. The molecule has 0 aromatic carbocycles. The van der Waals surface area contributed by atoms with Gasteiger partial charge in [-0.25, -0.2) is 13.8 Å². The average Bonchev–Trinajstić information content (AvgIpc) is 3.51. The van der Waals surface area contributed by atoms with Gasteiger partial charge in [0.25, 0.3) is 11.4 Å². The lowest BCUT2D eigenvalue weighted by atomic mass is 10.1. The fraction of sp³-hybridized carbons (Fsp3) is 0.667. The topological polar surface area (TPSA) is 146 Å². The number of aliphatic hydroxyl groups is 2. The van der Waals surface area contributed by atoms with Gasteiger partial charge < -0.3 is 24.4 Å². The van der Waals surface area contributed by atoms with Crippen molar-refractivity contribution in [2.45, 2.75) is 57.7 Å². The minimum absolute atomic E-state index is 0.248. The lowest BCUT2D eigenvalue weighted by Crippen LogP contribution is -2.44. The highest BCUT2D eigenvalue weighted by atomic mass is 19.2. The number of aliphatic hydroxyl groups excluding tert-OH is 2. The number of halogens is 1. The lowest BCUT2D eigenvalue weighted by Gasteiger charge is -2.23. The molecular weight excluding hydrogens is 407 g/mol. The van der Waals surface area contributed by atoms with E-state index in [9.17, 15) is 29.4 Å². The number of aromatic nitrogens is 2. The molecule has 2 aliphatic rings. The summed E-state index contributed by atoms with van der Waals surface area (Å²) in [5.41, 5.74) is -1.84. The van der Waals surface area contributed by atoms with E-state index in [1.807, 2.05) is 0 Å². The van der Waals surface area contributed by atoms with E-state index in [0.717, 1.165) is 12.3 Å². The molecule has 2 N–H and O–H groups in total. The second kappa shape index (κ2) is 8.28. The molecule has 166 valence electrons. The van der Waals surface area contributed by atoms with E-state index in [1.165, 1.54) is 13.8 Å². The van der Waals surface area contributed by atoms with Crippen LogP contribution in [-0.2, 0) is 30.5 Å². The highest BCUT2D eigenvalue weighted by Gasteiger charge is 2.57. The van der Waals surface area contributed by atoms with Gasteiger partial charge in [-0.2, -0.15) is 0 Å². The molecule has 1 aromatic heterocycles. The van der Waals surface area contributed by atoms with Crippen LogP contribution in [0.3, 0.4) is 0 Å². The maximum absolute atomic E-state index is 15.0. The summed E-state index contributed by atoms with van der Waals surface area (Å²) in [5, 5.41) is 20.3. The minimum Gasteiger partial charge on any atom is -0.459 e. The van der Waals surface area contributed by atoms with Crippen LogP contribution in [0.1, 0.15) is 32.9 Å². The first-order valence-corrected chi connectivity index (χ1v) is 9.43. The second-order valence-electron chi connectivity index (χ2n) is 7.63. The minimum atomic E-state index is -2.98. The predicted molar refractivity (Wildman–Crippen MR) is 95.5 cm³/mol. The molecule has 4 atom stereocenters. The Morgan fingerprint density at radius 2 is 1.97 bits per heavy atom. The normalized spacial score (nSPS) is 28.5. The molecule has 1 aromatic rings. The van der Waals surface area contributed by atoms with Crippen LogP contribution in [-0.4, -0.2) is 56.0 Å². The van der Waals surface area contributed by atoms with E-state index in [4.69, 9.17) is 14.2 Å². The predicted octanol–water partition coefficient (Wildman–Crippen LogP) is -0.964. The van der Waals surface area contributed by atoms with E-state index in [-0.39, 0.29) is 5.92 Å². The molecule has 0 unspecified atom stereocenters. The van der Waals surface area contributed by atoms with Crippen molar-refractivity contribution < 1.29 is 38.4 Å². The number of hydrogen-bond donors (Lipinski definition) is 2. The van der Waals surface area contributed by atoms with Gasteiger partial charge in [-0.05, 0) is 12.8 Å². The first-order chi connectivity index (χ1) is 14.0. The molecule has 2 fully saturated rings. The number of ether oxygens (including phenoxy) is 3. The fourth-order valence-electron chi connectivity index (χ4n) is 2.84. The van der Waals surface area contributed by atoms with Gasteiger partial charge in [0, 0.05) is 12.3 Å². The zero-order valence-corrected chi connectivity index (χ0v) is 16.4. The Hall–Kier alpha value is -2.57. The molecule has 1 aliphatic carbocycles. The van der Waals surface area contributed by atoms with Crippen molar-refractivity contribution in [1.29, 1.82) is 0 Å². The molecule has 30 heavy (non-hydrogen) atoms. The van der Waals surface area contributed by atoms with Gasteiger partial charge in [0.15, 0.2) is 19.6 Å². The third-order valence-electron chi connectivity index (χ3n) is 4.87. The van der Waals surface area contributed by atoms with Gasteiger partial charge >= 0.3 is 17.6 Å². The summed E-state index contributed by atoms with van der Waals surface area (Å²) in [7, 11) is 0. The van der Waals surface area contributed by atoms with Gasteiger partial charge in [0.05, 0.1) is 11.8 Å². The summed E-state index contributed by atoms with van der Waals surface area (Å²) in [6.07, 6.45) is -3.47. The summed E-state index contributed by atoms with van der Waals surface area (Å²) in [4.78, 5) is 47.9. The molecule has 0 radical (unpaired) electrons. The van der Waals surface area contributed by atoms with Crippen LogP contribution in [0, 0.1) is 11.8 Å². The first-order valence-electron chi connectivity index (χ1n) is 9.43. The fourth-order valence-corrected chi connectivity index (χ4v) is 2.84. The zero-order valence-electron chi connectivity index (χ0n) is 16.4. The second-order valence-corrected chi connectivity index (χ2v) is 7.63. The standard InChI is InChI=1S/C18H23FN2O9/c1-9(2)15(25)28-7-18(19)13(24)12(23)14(30-18)20-6-5-11(22)21(17(20)27)8-29-16(26)10-3-4-10/h5-6,9-10,12-14,23-24H,3-4,7-8H2,1-2H3/t12-,13+,14-,18-/m1/s1. The number of esters is 2. The Kier molecular flexibility index (Phi) is 6.11. The Morgan fingerprint density at radius 1 is 1.30 bits per heavy atom. The Bertz CT molecular complexity index is 938. The van der Waals surface area contributed by atoms with Gasteiger partial charge in [0.2, 0.25) is 0 Å². The molecule has 11 nitrogen and oxygen atoms in total. The summed E-state index contributed by atoms with van der Waals surface area (Å²) >= 11 is 0.